The largest absolute Gasteiger partial charge is 0.434 e. The van der Waals surface area contributed by atoms with Gasteiger partial charge in [-0.25, -0.2) is 14.8 Å². The second kappa shape index (κ2) is 12.1. The summed E-state index contributed by atoms with van der Waals surface area (Å²) in [5.41, 5.74) is 1.18. The number of amides is 3. The van der Waals surface area contributed by atoms with Gasteiger partial charge in [-0.1, -0.05) is 36.4 Å². The van der Waals surface area contributed by atoms with Gasteiger partial charge in [0.25, 0.3) is 5.91 Å². The third-order valence-corrected chi connectivity index (χ3v) is 7.44. The van der Waals surface area contributed by atoms with Gasteiger partial charge in [0.1, 0.15) is 16.4 Å². The van der Waals surface area contributed by atoms with E-state index < -0.39 is 29.2 Å². The third-order valence-electron chi connectivity index (χ3n) is 6.57. The molecule has 0 saturated heterocycles. The Morgan fingerprint density at radius 1 is 1.05 bits per heavy atom. The highest BCUT2D eigenvalue weighted by molar-refractivity contribution is 7.13. The summed E-state index contributed by atoms with van der Waals surface area (Å²) in [6, 6.07) is 15.3. The summed E-state index contributed by atoms with van der Waals surface area (Å²) in [5, 5.41) is 8.94. The van der Waals surface area contributed by atoms with Gasteiger partial charge in [0.15, 0.2) is 5.69 Å². The van der Waals surface area contributed by atoms with Gasteiger partial charge >= 0.3 is 12.2 Å². The fraction of sp³-hybridized carbons (Fsp3) is 0.167. The number of hydrogen-bond acceptors (Lipinski definition) is 6. The van der Waals surface area contributed by atoms with Gasteiger partial charge in [-0.05, 0) is 36.2 Å². The summed E-state index contributed by atoms with van der Waals surface area (Å²) >= 11 is 0.808. The van der Waals surface area contributed by atoms with Crippen LogP contribution in [0.5, 0.6) is 0 Å². The first kappa shape index (κ1) is 29.5. The zero-order valence-corrected chi connectivity index (χ0v) is 23.8. The Balaban J connectivity index is 1.70. The van der Waals surface area contributed by atoms with Crippen LogP contribution in [0.15, 0.2) is 77.2 Å². The topological polar surface area (TPSA) is 118 Å². The molecule has 2 aromatic carbocycles. The highest BCUT2D eigenvalue weighted by atomic mass is 32.1. The first-order chi connectivity index (χ1) is 20.6. The van der Waals surface area contributed by atoms with Crippen molar-refractivity contribution in [1.82, 2.24) is 25.2 Å². The predicted octanol–water partition coefficient (Wildman–Crippen LogP) is 5.76. The molecule has 3 N–H and O–H groups in total. The minimum atomic E-state index is -4.64. The maximum atomic E-state index is 13.4. The van der Waals surface area contributed by atoms with Gasteiger partial charge in [-0.2, -0.15) is 13.2 Å². The van der Waals surface area contributed by atoms with Crippen LogP contribution in [-0.4, -0.2) is 40.1 Å². The lowest BCUT2D eigenvalue weighted by Gasteiger charge is -2.16. The minimum Gasteiger partial charge on any atom is -0.355 e. The van der Waals surface area contributed by atoms with Gasteiger partial charge in [-0.15, -0.1) is 11.3 Å². The first-order valence-corrected chi connectivity index (χ1v) is 14.0. The molecule has 0 aliphatic rings. The van der Waals surface area contributed by atoms with Crippen molar-refractivity contribution in [3.8, 4) is 21.7 Å². The fourth-order valence-corrected chi connectivity index (χ4v) is 5.40. The zero-order chi connectivity index (χ0) is 30.7. The van der Waals surface area contributed by atoms with Gasteiger partial charge in [0, 0.05) is 54.4 Å². The quantitative estimate of drug-likeness (QED) is 0.218. The molecular weight excluding hydrogens is 581 g/mol. The van der Waals surface area contributed by atoms with Crippen LogP contribution in [0.1, 0.15) is 28.5 Å². The zero-order valence-electron chi connectivity index (χ0n) is 23.0. The third kappa shape index (κ3) is 6.26. The number of thiazole rings is 1. The van der Waals surface area contributed by atoms with Crippen molar-refractivity contribution in [3.05, 3.63) is 99.4 Å². The van der Waals surface area contributed by atoms with Crippen molar-refractivity contribution in [2.45, 2.75) is 19.6 Å². The van der Waals surface area contributed by atoms with Crippen LogP contribution in [0.3, 0.4) is 0 Å². The lowest BCUT2D eigenvalue weighted by atomic mass is 9.99. The van der Waals surface area contributed by atoms with Crippen molar-refractivity contribution in [3.63, 3.8) is 0 Å². The molecular formula is C30H25F3N6O3S. The molecule has 5 rings (SSSR count). The first-order valence-electron chi connectivity index (χ1n) is 13.1. The average molecular weight is 607 g/mol. The van der Waals surface area contributed by atoms with Crippen LogP contribution in [-0.2, 0) is 12.7 Å². The van der Waals surface area contributed by atoms with Gasteiger partial charge in [0.2, 0.25) is 5.43 Å². The number of carbonyl (C=O) groups excluding carboxylic acids is 2. The van der Waals surface area contributed by atoms with Crippen molar-refractivity contribution < 1.29 is 22.8 Å². The normalized spacial score (nSPS) is 11.4. The highest BCUT2D eigenvalue weighted by Gasteiger charge is 2.34. The number of aromatic nitrogens is 3. The molecule has 0 saturated carbocycles. The molecule has 0 bridgehead atoms. The number of carbonyl (C=O) groups is 2. The van der Waals surface area contributed by atoms with Crippen molar-refractivity contribution in [1.29, 1.82) is 0 Å². The lowest BCUT2D eigenvalue weighted by Crippen LogP contribution is -2.28. The Labute approximate surface area is 247 Å². The number of benzene rings is 2. The molecule has 0 aliphatic carbocycles. The van der Waals surface area contributed by atoms with Crippen LogP contribution in [0.4, 0.5) is 23.8 Å². The fourth-order valence-electron chi connectivity index (χ4n) is 4.54. The van der Waals surface area contributed by atoms with Crippen LogP contribution in [0, 0.1) is 0 Å². The Hall–Kier alpha value is -5.04. The molecule has 3 amide bonds. The molecule has 0 fully saturated rings. The second-order valence-electron chi connectivity index (χ2n) is 9.43. The van der Waals surface area contributed by atoms with E-state index in [1.165, 1.54) is 25.5 Å². The molecule has 0 unspecified atom stereocenters. The Morgan fingerprint density at radius 3 is 2.49 bits per heavy atom. The average Bonchev–Trinajstić information content (AvgIpc) is 3.50. The van der Waals surface area contributed by atoms with Crippen LogP contribution >= 0.6 is 11.3 Å². The number of halogens is 3. The van der Waals surface area contributed by atoms with Crippen LogP contribution in [0.25, 0.3) is 32.6 Å². The van der Waals surface area contributed by atoms with Gasteiger partial charge < -0.3 is 15.2 Å². The van der Waals surface area contributed by atoms with E-state index in [4.69, 9.17) is 0 Å². The van der Waals surface area contributed by atoms with Gasteiger partial charge in [0.05, 0.1) is 5.52 Å². The Kier molecular flexibility index (Phi) is 8.26. The standard InChI is InChI=1S/C30H25F3N6O3S/c1-3-35-29(42)38-25-12-20(28-37-24(16-43-28)30(31,32)33)21(13-36-25)18-9-10-19-23(11-18)39(14-17-7-5-4-6-8-17)15-22(26(19)40)27(41)34-2/h4-13,15-16H,3,14H2,1-2H3,(H,34,41)(H2,35,36,38,42). The number of hydrogen-bond donors (Lipinski definition) is 3. The summed E-state index contributed by atoms with van der Waals surface area (Å²) in [6.45, 7) is 2.44. The van der Waals surface area contributed by atoms with Crippen LogP contribution < -0.4 is 21.4 Å². The SMILES string of the molecule is CCNC(=O)Nc1cc(-c2nc(C(F)(F)F)cs2)c(-c2ccc3c(=O)c(C(=O)NC)cn(Cc4ccccc4)c3c2)cn1. The highest BCUT2D eigenvalue weighted by Crippen LogP contribution is 2.39. The molecule has 220 valence electrons. The maximum absolute atomic E-state index is 13.4. The molecule has 3 aromatic heterocycles. The summed E-state index contributed by atoms with van der Waals surface area (Å²) in [7, 11) is 1.44. The maximum Gasteiger partial charge on any atom is 0.434 e. The molecule has 9 nitrogen and oxygen atoms in total. The number of urea groups is 1. The lowest BCUT2D eigenvalue weighted by molar-refractivity contribution is -0.140. The number of anilines is 1. The second-order valence-corrected chi connectivity index (χ2v) is 10.3. The molecule has 13 heteroatoms. The number of rotatable bonds is 7. The van der Waals surface area contributed by atoms with Crippen LogP contribution in [0.2, 0.25) is 0 Å². The van der Waals surface area contributed by atoms with Gasteiger partial charge in [-0.3, -0.25) is 14.9 Å². The smallest absolute Gasteiger partial charge is 0.355 e. The summed E-state index contributed by atoms with van der Waals surface area (Å²) < 4.78 is 42.1. The molecule has 5 aromatic rings. The number of fused-ring (bicyclic) bond motifs is 1. The molecule has 0 atom stereocenters. The van der Waals surface area contributed by atoms with Crippen molar-refractivity contribution in [2.24, 2.45) is 0 Å². The number of nitrogens with zero attached hydrogens (tertiary/aromatic N) is 3. The molecule has 0 aliphatic heterocycles. The number of alkyl halides is 3. The van der Waals surface area contributed by atoms with E-state index >= 15 is 0 Å². The summed E-state index contributed by atoms with van der Waals surface area (Å²) in [4.78, 5) is 46.1. The number of nitrogens with one attached hydrogen (secondary N) is 3. The predicted molar refractivity (Wildman–Crippen MR) is 159 cm³/mol. The molecule has 43 heavy (non-hydrogen) atoms. The van der Waals surface area contributed by atoms with E-state index in [2.05, 4.69) is 25.9 Å². The minimum absolute atomic E-state index is 0.0238. The van der Waals surface area contributed by atoms with E-state index in [9.17, 15) is 27.6 Å². The number of pyridine rings is 2. The van der Waals surface area contributed by atoms with Crippen molar-refractivity contribution in [2.75, 3.05) is 18.9 Å². The molecule has 0 radical (unpaired) electrons. The molecule has 3 heterocycles. The monoisotopic (exact) mass is 606 g/mol. The Bertz CT molecular complexity index is 1890. The van der Waals surface area contributed by atoms with E-state index in [1.54, 1.807) is 29.7 Å². The summed E-state index contributed by atoms with van der Waals surface area (Å²) in [6.07, 6.45) is -1.70. The van der Waals surface area contributed by atoms with E-state index in [0.29, 0.717) is 40.7 Å². The van der Waals surface area contributed by atoms with Crippen molar-refractivity contribution >= 4 is 40.0 Å². The molecule has 0 spiro atoms. The van der Waals surface area contributed by atoms with E-state index in [0.717, 1.165) is 22.3 Å². The Morgan fingerprint density at radius 2 is 1.81 bits per heavy atom. The van der Waals surface area contributed by atoms with E-state index in [-0.39, 0.29) is 16.4 Å². The van der Waals surface area contributed by atoms with E-state index in [1.807, 2.05) is 30.3 Å². The summed E-state index contributed by atoms with van der Waals surface area (Å²) in [5.74, 6) is -0.408.